The zero-order valence-electron chi connectivity index (χ0n) is 14.9. The van der Waals surface area contributed by atoms with Crippen LogP contribution in [0.4, 0.5) is 14.5 Å². The van der Waals surface area contributed by atoms with Gasteiger partial charge in [-0.15, -0.1) is 0 Å². The molecule has 3 rings (SSSR count). The zero-order chi connectivity index (χ0) is 21.1. The molecule has 150 valence electrons. The number of thiazole rings is 1. The molecule has 0 fully saturated rings. The van der Waals surface area contributed by atoms with Gasteiger partial charge >= 0.3 is 5.97 Å². The number of ether oxygens (including phenoxy) is 1. The number of esters is 1. The van der Waals surface area contributed by atoms with Crippen molar-refractivity contribution in [2.75, 3.05) is 6.61 Å². The molecule has 2 aromatic carbocycles. The van der Waals surface area contributed by atoms with Gasteiger partial charge in [0.15, 0.2) is 10.6 Å². The van der Waals surface area contributed by atoms with Crippen LogP contribution in [-0.2, 0) is 16.1 Å². The van der Waals surface area contributed by atoms with E-state index in [2.05, 4.69) is 4.99 Å². The second-order valence-electron chi connectivity index (χ2n) is 5.73. The average Bonchev–Trinajstić information content (AvgIpc) is 2.98. The smallest absolute Gasteiger partial charge is 0.326 e. The fourth-order valence-electron chi connectivity index (χ4n) is 2.60. The van der Waals surface area contributed by atoms with Crippen LogP contribution in [-0.4, -0.2) is 28.0 Å². The Labute approximate surface area is 165 Å². The van der Waals surface area contributed by atoms with Gasteiger partial charge in [-0.3, -0.25) is 19.7 Å². The number of carbonyl (C=O) groups excluding carboxylic acids is 2. The lowest BCUT2D eigenvalue weighted by molar-refractivity contribution is -0.384. The highest BCUT2D eigenvalue weighted by Crippen LogP contribution is 2.23. The molecular formula is C18H13F2N3O5S. The first-order valence-electron chi connectivity index (χ1n) is 8.27. The molecule has 0 aliphatic rings. The van der Waals surface area contributed by atoms with Crippen LogP contribution < -0.4 is 4.80 Å². The number of halogens is 2. The first kappa shape index (κ1) is 20.3. The highest BCUT2D eigenvalue weighted by molar-refractivity contribution is 7.16. The Morgan fingerprint density at radius 3 is 2.72 bits per heavy atom. The minimum absolute atomic E-state index is 0.0639. The maximum atomic E-state index is 14.4. The van der Waals surface area contributed by atoms with Crippen molar-refractivity contribution in [1.29, 1.82) is 0 Å². The Morgan fingerprint density at radius 1 is 1.28 bits per heavy atom. The van der Waals surface area contributed by atoms with Crippen LogP contribution in [0.5, 0.6) is 0 Å². The summed E-state index contributed by atoms with van der Waals surface area (Å²) in [5.74, 6) is -3.28. The summed E-state index contributed by atoms with van der Waals surface area (Å²) in [6.45, 7) is 1.25. The first-order chi connectivity index (χ1) is 13.8. The molecule has 8 nitrogen and oxygen atoms in total. The Kier molecular flexibility index (Phi) is 5.78. The third-order valence-electron chi connectivity index (χ3n) is 3.79. The molecule has 0 saturated carbocycles. The van der Waals surface area contributed by atoms with Crippen molar-refractivity contribution in [1.82, 2.24) is 4.57 Å². The van der Waals surface area contributed by atoms with Crippen LogP contribution in [0, 0.1) is 21.7 Å². The predicted octanol–water partition coefficient (Wildman–Crippen LogP) is 3.19. The minimum Gasteiger partial charge on any atom is -0.465 e. The third kappa shape index (κ3) is 4.35. The van der Waals surface area contributed by atoms with Crippen LogP contribution in [0.1, 0.15) is 17.3 Å². The summed E-state index contributed by atoms with van der Waals surface area (Å²) in [4.78, 5) is 38.5. The van der Waals surface area contributed by atoms with E-state index in [9.17, 15) is 28.5 Å². The fraction of sp³-hybridized carbons (Fsp3) is 0.167. The summed E-state index contributed by atoms with van der Waals surface area (Å²) >= 11 is 0.800. The number of fused-ring (bicyclic) bond motifs is 1. The summed E-state index contributed by atoms with van der Waals surface area (Å²) in [6, 6.07) is 6.64. The monoisotopic (exact) mass is 421 g/mol. The summed E-state index contributed by atoms with van der Waals surface area (Å²) < 4.78 is 34.0. The molecule has 0 unspecified atom stereocenters. The molecule has 1 amide bonds. The van der Waals surface area contributed by atoms with E-state index in [4.69, 9.17) is 4.74 Å². The standard InChI is InChI=1S/C18H13F2N3O5S/c1-2-28-15(24)9-22-16-13(20)7-11(19)8-14(16)29-18(22)21-17(25)10-4-3-5-12(6-10)23(26)27/h3-8H,2,9H2,1H3. The van der Waals surface area contributed by atoms with Gasteiger partial charge in [-0.05, 0) is 19.1 Å². The normalized spacial score (nSPS) is 11.6. The molecule has 3 aromatic rings. The van der Waals surface area contributed by atoms with Gasteiger partial charge in [-0.2, -0.15) is 4.99 Å². The van der Waals surface area contributed by atoms with Crippen molar-refractivity contribution in [3.63, 3.8) is 0 Å². The SMILES string of the molecule is CCOC(=O)Cn1c(=NC(=O)c2cccc([N+](=O)[O-])c2)sc2cc(F)cc(F)c21. The van der Waals surface area contributed by atoms with Crippen LogP contribution in [0.3, 0.4) is 0 Å². The van der Waals surface area contributed by atoms with Gasteiger partial charge in [0.2, 0.25) is 0 Å². The van der Waals surface area contributed by atoms with E-state index in [1.54, 1.807) is 6.92 Å². The van der Waals surface area contributed by atoms with Crippen LogP contribution >= 0.6 is 11.3 Å². The summed E-state index contributed by atoms with van der Waals surface area (Å²) in [5.41, 5.74) is -0.462. The molecule has 1 aromatic heterocycles. The number of nitrogens with zero attached hydrogens (tertiary/aromatic N) is 3. The second-order valence-corrected chi connectivity index (χ2v) is 6.74. The van der Waals surface area contributed by atoms with Crippen molar-refractivity contribution in [2.45, 2.75) is 13.5 Å². The quantitative estimate of drug-likeness (QED) is 0.358. The lowest BCUT2D eigenvalue weighted by Gasteiger charge is -2.05. The number of hydrogen-bond donors (Lipinski definition) is 0. The van der Waals surface area contributed by atoms with Crippen LogP contribution in [0.25, 0.3) is 10.2 Å². The molecule has 29 heavy (non-hydrogen) atoms. The van der Waals surface area contributed by atoms with E-state index in [0.29, 0.717) is 6.07 Å². The number of benzene rings is 2. The third-order valence-corrected chi connectivity index (χ3v) is 4.81. The van der Waals surface area contributed by atoms with Gasteiger partial charge in [-0.1, -0.05) is 17.4 Å². The lowest BCUT2D eigenvalue weighted by Crippen LogP contribution is -2.23. The van der Waals surface area contributed by atoms with Gasteiger partial charge in [0, 0.05) is 23.8 Å². The number of rotatable bonds is 5. The van der Waals surface area contributed by atoms with Gasteiger partial charge in [0.25, 0.3) is 11.6 Å². The van der Waals surface area contributed by atoms with E-state index < -0.39 is 35.0 Å². The van der Waals surface area contributed by atoms with Gasteiger partial charge < -0.3 is 9.30 Å². The molecule has 0 bridgehead atoms. The topological polar surface area (TPSA) is 104 Å². The molecule has 0 saturated heterocycles. The first-order valence-corrected chi connectivity index (χ1v) is 9.09. The molecule has 1 heterocycles. The Bertz CT molecular complexity index is 1200. The second kappa shape index (κ2) is 8.27. The van der Waals surface area contributed by atoms with E-state index in [1.165, 1.54) is 18.2 Å². The number of carbonyl (C=O) groups is 2. The van der Waals surface area contributed by atoms with Crippen molar-refractivity contribution in [3.8, 4) is 0 Å². The van der Waals surface area contributed by atoms with Gasteiger partial charge in [0.05, 0.1) is 21.7 Å². The largest absolute Gasteiger partial charge is 0.465 e. The van der Waals surface area contributed by atoms with Crippen LogP contribution in [0.2, 0.25) is 0 Å². The van der Waals surface area contributed by atoms with Crippen molar-refractivity contribution in [2.24, 2.45) is 4.99 Å². The molecular weight excluding hydrogens is 408 g/mol. The molecule has 11 heteroatoms. The summed E-state index contributed by atoms with van der Waals surface area (Å²) in [7, 11) is 0. The van der Waals surface area contributed by atoms with Crippen molar-refractivity contribution < 1.29 is 28.0 Å². The minimum atomic E-state index is -0.926. The number of aromatic nitrogens is 1. The zero-order valence-corrected chi connectivity index (χ0v) is 15.7. The van der Waals surface area contributed by atoms with E-state index in [-0.39, 0.29) is 32.9 Å². The molecule has 0 radical (unpaired) electrons. The molecule has 0 atom stereocenters. The molecule has 0 aliphatic heterocycles. The number of nitro benzene ring substituents is 1. The Morgan fingerprint density at radius 2 is 2.03 bits per heavy atom. The lowest BCUT2D eigenvalue weighted by atomic mass is 10.2. The molecule has 0 aliphatic carbocycles. The van der Waals surface area contributed by atoms with Gasteiger partial charge in [0.1, 0.15) is 12.4 Å². The Hall–Kier alpha value is -3.47. The highest BCUT2D eigenvalue weighted by Gasteiger charge is 2.18. The number of non-ortho nitro benzene ring substituents is 1. The molecule has 0 N–H and O–H groups in total. The fourth-order valence-corrected chi connectivity index (χ4v) is 3.67. The van der Waals surface area contributed by atoms with Gasteiger partial charge in [-0.25, -0.2) is 8.78 Å². The summed E-state index contributed by atoms with van der Waals surface area (Å²) in [5, 5.41) is 10.9. The van der Waals surface area contributed by atoms with E-state index in [1.807, 2.05) is 0 Å². The van der Waals surface area contributed by atoms with E-state index >= 15 is 0 Å². The average molecular weight is 421 g/mol. The highest BCUT2D eigenvalue weighted by atomic mass is 32.1. The van der Waals surface area contributed by atoms with E-state index in [0.717, 1.165) is 28.0 Å². The van der Waals surface area contributed by atoms with Crippen molar-refractivity contribution >= 4 is 39.1 Å². The summed E-state index contributed by atoms with van der Waals surface area (Å²) in [6.07, 6.45) is 0. The number of nitro groups is 1. The maximum Gasteiger partial charge on any atom is 0.326 e. The predicted molar refractivity (Wildman–Crippen MR) is 99.4 cm³/mol. The maximum absolute atomic E-state index is 14.4. The Balaban J connectivity index is 2.15. The number of amides is 1. The molecule has 0 spiro atoms. The number of hydrogen-bond acceptors (Lipinski definition) is 6. The van der Waals surface area contributed by atoms with Crippen LogP contribution in [0.15, 0.2) is 41.4 Å². The van der Waals surface area contributed by atoms with Crippen molar-refractivity contribution in [3.05, 3.63) is 68.5 Å².